The Kier molecular flexibility index (Phi) is 4.53. The van der Waals surface area contributed by atoms with Crippen molar-refractivity contribution in [2.24, 2.45) is 0 Å². The van der Waals surface area contributed by atoms with Crippen molar-refractivity contribution in [3.8, 4) is 0 Å². The highest BCUT2D eigenvalue weighted by molar-refractivity contribution is 5.97. The summed E-state index contributed by atoms with van der Waals surface area (Å²) in [4.78, 5) is 12.9. The Morgan fingerprint density at radius 2 is 2.00 bits per heavy atom. The molecule has 1 saturated carbocycles. The Morgan fingerprint density at radius 1 is 1.23 bits per heavy atom. The summed E-state index contributed by atoms with van der Waals surface area (Å²) in [6.45, 7) is 2.16. The zero-order valence-electron chi connectivity index (χ0n) is 14.9. The van der Waals surface area contributed by atoms with Crippen LogP contribution in [0.5, 0.6) is 0 Å². The number of hydrogen-bond donors (Lipinski definition) is 1. The van der Waals surface area contributed by atoms with Crippen LogP contribution in [-0.2, 0) is 6.54 Å². The molecule has 0 atom stereocenters. The van der Waals surface area contributed by atoms with Gasteiger partial charge >= 0.3 is 0 Å². The molecule has 0 unspecified atom stereocenters. The second-order valence-corrected chi connectivity index (χ2v) is 7.12. The molecule has 5 heteroatoms. The molecule has 2 heterocycles. The van der Waals surface area contributed by atoms with Crippen LogP contribution in [0.1, 0.15) is 53.9 Å². The van der Waals surface area contributed by atoms with Crippen molar-refractivity contribution in [2.75, 3.05) is 0 Å². The van der Waals surface area contributed by atoms with Gasteiger partial charge in [-0.15, -0.1) is 0 Å². The minimum Gasteiger partial charge on any atom is -0.460 e. The third-order valence-electron chi connectivity index (χ3n) is 5.17. The van der Waals surface area contributed by atoms with Gasteiger partial charge in [-0.2, -0.15) is 0 Å². The number of benzene rings is 1. The topological polar surface area (TPSA) is 47.2 Å². The zero-order chi connectivity index (χ0) is 18.1. The fourth-order valence-corrected chi connectivity index (χ4v) is 3.83. The summed E-state index contributed by atoms with van der Waals surface area (Å²) in [5.41, 5.74) is 2.55. The summed E-state index contributed by atoms with van der Waals surface area (Å²) in [5.74, 6) is 0.391. The first kappa shape index (κ1) is 16.9. The maximum atomic E-state index is 14.2. The van der Waals surface area contributed by atoms with Gasteiger partial charge in [-0.25, -0.2) is 4.39 Å². The second-order valence-electron chi connectivity index (χ2n) is 7.12. The van der Waals surface area contributed by atoms with E-state index in [4.69, 9.17) is 4.42 Å². The molecule has 4 rings (SSSR count). The van der Waals surface area contributed by atoms with Gasteiger partial charge in [0.2, 0.25) is 0 Å². The van der Waals surface area contributed by atoms with Gasteiger partial charge in [0.1, 0.15) is 17.3 Å². The molecule has 1 amide bonds. The number of fused-ring (bicyclic) bond motifs is 1. The Balaban J connectivity index is 1.68. The molecule has 1 aliphatic carbocycles. The lowest BCUT2D eigenvalue weighted by molar-refractivity contribution is 0.0919. The van der Waals surface area contributed by atoms with Crippen LogP contribution in [0.2, 0.25) is 0 Å². The largest absolute Gasteiger partial charge is 0.460 e. The molecule has 0 aliphatic heterocycles. The summed E-state index contributed by atoms with van der Waals surface area (Å²) in [6, 6.07) is 10.6. The summed E-state index contributed by atoms with van der Waals surface area (Å²) in [6.07, 6.45) is 5.59. The maximum Gasteiger partial charge on any atom is 0.268 e. The number of hydrogen-bond acceptors (Lipinski definition) is 2. The Labute approximate surface area is 152 Å². The van der Waals surface area contributed by atoms with Gasteiger partial charge in [-0.3, -0.25) is 4.79 Å². The Bertz CT molecular complexity index is 935. The number of carbonyl (C=O) groups is 1. The van der Waals surface area contributed by atoms with E-state index in [1.807, 2.05) is 23.6 Å². The van der Waals surface area contributed by atoms with Gasteiger partial charge in [0.05, 0.1) is 12.1 Å². The lowest BCUT2D eigenvalue weighted by Crippen LogP contribution is -2.37. The van der Waals surface area contributed by atoms with Gasteiger partial charge in [0, 0.05) is 23.7 Å². The predicted octanol–water partition coefficient (Wildman–Crippen LogP) is 4.79. The number of nitrogens with one attached hydrogen (secondary N) is 1. The van der Waals surface area contributed by atoms with Crippen LogP contribution in [0.15, 0.2) is 40.8 Å². The van der Waals surface area contributed by atoms with E-state index >= 15 is 0 Å². The number of aromatic nitrogens is 1. The number of nitrogens with zero attached hydrogens (tertiary/aromatic N) is 1. The number of halogens is 1. The Hall–Kier alpha value is -2.56. The van der Waals surface area contributed by atoms with Gasteiger partial charge in [-0.1, -0.05) is 37.5 Å². The first-order chi connectivity index (χ1) is 12.6. The first-order valence-electron chi connectivity index (χ1n) is 9.26. The van der Waals surface area contributed by atoms with E-state index in [2.05, 4.69) is 5.32 Å². The van der Waals surface area contributed by atoms with E-state index in [-0.39, 0.29) is 17.8 Å². The average Bonchev–Trinajstić information content (AvgIpc) is 3.15. The van der Waals surface area contributed by atoms with E-state index in [1.165, 1.54) is 12.5 Å². The van der Waals surface area contributed by atoms with Gasteiger partial charge in [0.25, 0.3) is 5.91 Å². The van der Waals surface area contributed by atoms with Gasteiger partial charge in [-0.05, 0) is 25.8 Å². The summed E-state index contributed by atoms with van der Waals surface area (Å²) >= 11 is 0. The predicted molar refractivity (Wildman–Crippen MR) is 98.8 cm³/mol. The molecule has 136 valence electrons. The van der Waals surface area contributed by atoms with Crippen LogP contribution < -0.4 is 5.32 Å². The lowest BCUT2D eigenvalue weighted by Gasteiger charge is -2.23. The van der Waals surface area contributed by atoms with Crippen LogP contribution in [-0.4, -0.2) is 16.5 Å². The lowest BCUT2D eigenvalue weighted by atomic mass is 9.95. The molecular weight excluding hydrogens is 331 g/mol. The number of furan rings is 1. The number of aryl methyl sites for hydroxylation is 1. The fourth-order valence-electron chi connectivity index (χ4n) is 3.83. The SMILES string of the molecule is Cc1cc2c(cc(C(=O)NC3CCCCC3)n2Cc2ccccc2F)o1. The third-order valence-corrected chi connectivity index (χ3v) is 5.17. The van der Waals surface area contributed by atoms with E-state index in [0.29, 0.717) is 23.4 Å². The van der Waals surface area contributed by atoms with Crippen molar-refractivity contribution in [2.45, 2.75) is 51.6 Å². The summed E-state index contributed by atoms with van der Waals surface area (Å²) in [5, 5.41) is 3.15. The van der Waals surface area contributed by atoms with E-state index in [9.17, 15) is 9.18 Å². The van der Waals surface area contributed by atoms with Crippen LogP contribution in [0.4, 0.5) is 4.39 Å². The molecule has 0 saturated heterocycles. The van der Waals surface area contributed by atoms with Crippen molar-refractivity contribution in [3.63, 3.8) is 0 Å². The van der Waals surface area contributed by atoms with Crippen molar-refractivity contribution in [3.05, 3.63) is 59.2 Å². The normalized spacial score (nSPS) is 15.5. The molecule has 1 fully saturated rings. The van der Waals surface area contributed by atoms with E-state index in [1.54, 1.807) is 18.2 Å². The molecular formula is C21H23FN2O2. The molecule has 0 bridgehead atoms. The zero-order valence-corrected chi connectivity index (χ0v) is 14.9. The molecule has 4 nitrogen and oxygen atoms in total. The highest BCUT2D eigenvalue weighted by atomic mass is 19.1. The number of carbonyl (C=O) groups excluding carboxylic acids is 1. The monoisotopic (exact) mass is 354 g/mol. The Morgan fingerprint density at radius 3 is 2.77 bits per heavy atom. The van der Waals surface area contributed by atoms with Crippen LogP contribution in [0.3, 0.4) is 0 Å². The minimum atomic E-state index is -0.270. The molecule has 26 heavy (non-hydrogen) atoms. The summed E-state index contributed by atoms with van der Waals surface area (Å²) < 4.78 is 21.7. The maximum absolute atomic E-state index is 14.2. The number of rotatable bonds is 4. The van der Waals surface area contributed by atoms with Crippen LogP contribution in [0.25, 0.3) is 11.1 Å². The van der Waals surface area contributed by atoms with Crippen molar-refractivity contribution < 1.29 is 13.6 Å². The first-order valence-corrected chi connectivity index (χ1v) is 9.26. The number of amides is 1. The van der Waals surface area contributed by atoms with Crippen molar-refractivity contribution in [1.29, 1.82) is 0 Å². The molecule has 1 aliphatic rings. The smallest absolute Gasteiger partial charge is 0.268 e. The quantitative estimate of drug-likeness (QED) is 0.732. The molecule has 1 N–H and O–H groups in total. The average molecular weight is 354 g/mol. The highest BCUT2D eigenvalue weighted by Gasteiger charge is 2.22. The molecule has 0 radical (unpaired) electrons. The third kappa shape index (κ3) is 3.26. The fraction of sp³-hybridized carbons (Fsp3) is 0.381. The van der Waals surface area contributed by atoms with Gasteiger partial charge < -0.3 is 14.3 Å². The molecule has 3 aromatic rings. The van der Waals surface area contributed by atoms with Crippen molar-refractivity contribution >= 4 is 17.0 Å². The van der Waals surface area contributed by atoms with Crippen LogP contribution in [0, 0.1) is 12.7 Å². The molecule has 2 aromatic heterocycles. The van der Waals surface area contributed by atoms with Crippen LogP contribution >= 0.6 is 0 Å². The second kappa shape index (κ2) is 6.98. The van der Waals surface area contributed by atoms with Gasteiger partial charge in [0.15, 0.2) is 5.58 Å². The molecule has 0 spiro atoms. The minimum absolute atomic E-state index is 0.114. The van der Waals surface area contributed by atoms with E-state index < -0.39 is 0 Å². The molecule has 1 aromatic carbocycles. The summed E-state index contributed by atoms with van der Waals surface area (Å²) in [7, 11) is 0. The highest BCUT2D eigenvalue weighted by Crippen LogP contribution is 2.26. The van der Waals surface area contributed by atoms with Crippen molar-refractivity contribution in [1.82, 2.24) is 9.88 Å². The standard InChI is InChI=1S/C21H23FN2O2/c1-14-11-18-20(26-14)12-19(21(25)23-16-8-3-2-4-9-16)24(18)13-15-7-5-6-10-17(15)22/h5-7,10-12,16H,2-4,8-9,13H2,1H3,(H,23,25). The van der Waals surface area contributed by atoms with E-state index in [0.717, 1.165) is 37.0 Å².